The topological polar surface area (TPSA) is 51.4 Å². The zero-order valence-electron chi connectivity index (χ0n) is 7.74. The molecule has 4 nitrogen and oxygen atoms in total. The van der Waals surface area contributed by atoms with Crippen LogP contribution in [-0.2, 0) is 4.84 Å². The van der Waals surface area contributed by atoms with Gasteiger partial charge in [0.05, 0.1) is 12.3 Å². The average Bonchev–Trinajstić information content (AvgIpc) is 2.23. The van der Waals surface area contributed by atoms with Gasteiger partial charge in [-0.25, -0.2) is 10.0 Å². The Morgan fingerprint density at radius 2 is 2.29 bits per heavy atom. The summed E-state index contributed by atoms with van der Waals surface area (Å²) < 4.78 is 0. The van der Waals surface area contributed by atoms with Gasteiger partial charge < -0.3 is 5.73 Å². The minimum Gasteiger partial charge on any atom is -0.396 e. The summed E-state index contributed by atoms with van der Waals surface area (Å²) in [5.74, 6) is 0.622. The van der Waals surface area contributed by atoms with Crippen LogP contribution in [0.3, 0.4) is 0 Å². The van der Waals surface area contributed by atoms with Crippen LogP contribution in [0.2, 0.25) is 5.15 Å². The largest absolute Gasteiger partial charge is 0.396 e. The van der Waals surface area contributed by atoms with Crippen LogP contribution in [-0.4, -0.2) is 18.1 Å². The number of hydroxylamine groups is 1. The Kier molecular flexibility index (Phi) is 2.74. The third kappa shape index (κ3) is 1.91. The predicted molar refractivity (Wildman–Crippen MR) is 56.2 cm³/mol. The van der Waals surface area contributed by atoms with E-state index in [-0.39, 0.29) is 0 Å². The van der Waals surface area contributed by atoms with Gasteiger partial charge in [0.2, 0.25) is 0 Å². The number of anilines is 2. The van der Waals surface area contributed by atoms with Gasteiger partial charge in [0, 0.05) is 6.54 Å². The van der Waals surface area contributed by atoms with Gasteiger partial charge in [0.15, 0.2) is 5.82 Å². The van der Waals surface area contributed by atoms with Crippen LogP contribution >= 0.6 is 11.6 Å². The maximum Gasteiger partial charge on any atom is 0.177 e. The van der Waals surface area contributed by atoms with Gasteiger partial charge in [-0.2, -0.15) is 0 Å². The average molecular weight is 214 g/mol. The molecule has 0 bridgehead atoms. The van der Waals surface area contributed by atoms with Crippen LogP contribution in [0, 0.1) is 0 Å². The lowest BCUT2D eigenvalue weighted by Crippen LogP contribution is -2.31. The molecule has 14 heavy (non-hydrogen) atoms. The third-order valence-corrected chi connectivity index (χ3v) is 2.32. The molecule has 2 N–H and O–H groups in total. The molecular weight excluding hydrogens is 202 g/mol. The van der Waals surface area contributed by atoms with E-state index in [1.165, 1.54) is 0 Å². The number of nitrogens with zero attached hydrogens (tertiary/aromatic N) is 2. The van der Waals surface area contributed by atoms with Gasteiger partial charge in [0.25, 0.3) is 0 Å². The van der Waals surface area contributed by atoms with Crippen molar-refractivity contribution in [3.63, 3.8) is 0 Å². The van der Waals surface area contributed by atoms with Crippen LogP contribution < -0.4 is 10.8 Å². The highest BCUT2D eigenvalue weighted by atomic mass is 35.5. The molecule has 0 spiro atoms. The summed E-state index contributed by atoms with van der Waals surface area (Å²) in [7, 11) is 0. The molecule has 2 rings (SSSR count). The molecule has 0 unspecified atom stereocenters. The molecule has 1 aromatic heterocycles. The second-order valence-corrected chi connectivity index (χ2v) is 3.58. The van der Waals surface area contributed by atoms with Crippen molar-refractivity contribution in [1.29, 1.82) is 0 Å². The molecule has 5 heteroatoms. The first kappa shape index (κ1) is 9.55. The highest BCUT2D eigenvalue weighted by Gasteiger charge is 2.15. The lowest BCUT2D eigenvalue weighted by molar-refractivity contribution is 0.0764. The number of hydrogen-bond acceptors (Lipinski definition) is 4. The highest BCUT2D eigenvalue weighted by Crippen LogP contribution is 2.24. The van der Waals surface area contributed by atoms with Gasteiger partial charge in [-0.05, 0) is 25.0 Å². The van der Waals surface area contributed by atoms with E-state index in [4.69, 9.17) is 22.2 Å². The quantitative estimate of drug-likeness (QED) is 0.724. The Hall–Kier alpha value is -1.00. The summed E-state index contributed by atoms with van der Waals surface area (Å²) in [6.45, 7) is 1.53. The highest BCUT2D eigenvalue weighted by molar-refractivity contribution is 6.29. The number of hydrogen-bond donors (Lipinski definition) is 1. The standard InChI is InChI=1S/C9H12ClN3O/c10-8-4-3-7(11)9(12-8)13-5-1-2-6-14-13/h3-4H,1-2,5-6,11H2. The molecule has 0 atom stereocenters. The molecule has 0 saturated carbocycles. The lowest BCUT2D eigenvalue weighted by Gasteiger charge is -2.27. The SMILES string of the molecule is Nc1ccc(Cl)nc1N1CCCCO1. The number of pyridine rings is 1. The van der Waals surface area contributed by atoms with Gasteiger partial charge in [-0.3, -0.25) is 4.84 Å². The van der Waals surface area contributed by atoms with E-state index < -0.39 is 0 Å². The summed E-state index contributed by atoms with van der Waals surface area (Å²) in [5.41, 5.74) is 6.37. The van der Waals surface area contributed by atoms with Gasteiger partial charge >= 0.3 is 0 Å². The molecular formula is C9H12ClN3O. The zero-order valence-corrected chi connectivity index (χ0v) is 8.50. The number of nitrogen functional groups attached to an aromatic ring is 1. The van der Waals surface area contributed by atoms with Crippen molar-refractivity contribution in [2.75, 3.05) is 23.9 Å². The maximum atomic E-state index is 5.79. The second-order valence-electron chi connectivity index (χ2n) is 3.19. The fourth-order valence-corrected chi connectivity index (χ4v) is 1.54. The number of halogens is 1. The molecule has 1 aliphatic rings. The van der Waals surface area contributed by atoms with Crippen molar-refractivity contribution < 1.29 is 4.84 Å². The van der Waals surface area contributed by atoms with E-state index in [1.54, 1.807) is 17.2 Å². The molecule has 0 aliphatic carbocycles. The van der Waals surface area contributed by atoms with Crippen molar-refractivity contribution in [2.24, 2.45) is 0 Å². The Labute approximate surface area is 87.6 Å². The van der Waals surface area contributed by atoms with E-state index in [2.05, 4.69) is 4.98 Å². The Morgan fingerprint density at radius 3 is 3.00 bits per heavy atom. The normalized spacial score (nSPS) is 17.1. The molecule has 1 saturated heterocycles. The molecule has 2 heterocycles. The predicted octanol–water partition coefficient (Wildman–Crippen LogP) is 1.85. The Bertz CT molecular complexity index is 326. The molecule has 0 radical (unpaired) electrons. The van der Waals surface area contributed by atoms with E-state index in [0.717, 1.165) is 19.4 Å². The van der Waals surface area contributed by atoms with Crippen LogP contribution in [0.4, 0.5) is 11.5 Å². The summed E-state index contributed by atoms with van der Waals surface area (Å²) in [4.78, 5) is 9.57. The Balaban J connectivity index is 2.24. The number of nitrogens with two attached hydrogens (primary N) is 1. The van der Waals surface area contributed by atoms with Gasteiger partial charge in [-0.15, -0.1) is 0 Å². The van der Waals surface area contributed by atoms with Crippen molar-refractivity contribution in [2.45, 2.75) is 12.8 Å². The maximum absolute atomic E-state index is 5.79. The van der Waals surface area contributed by atoms with Crippen molar-refractivity contribution in [3.8, 4) is 0 Å². The van der Waals surface area contributed by atoms with E-state index >= 15 is 0 Å². The second kappa shape index (κ2) is 4.02. The van der Waals surface area contributed by atoms with Crippen LogP contribution in [0.25, 0.3) is 0 Å². The molecule has 0 aromatic carbocycles. The van der Waals surface area contributed by atoms with Crippen molar-refractivity contribution in [3.05, 3.63) is 17.3 Å². The first-order chi connectivity index (χ1) is 6.77. The van der Waals surface area contributed by atoms with Crippen molar-refractivity contribution >= 4 is 23.1 Å². The first-order valence-corrected chi connectivity index (χ1v) is 4.97. The smallest absolute Gasteiger partial charge is 0.177 e. The Morgan fingerprint density at radius 1 is 1.43 bits per heavy atom. The van der Waals surface area contributed by atoms with E-state index in [0.29, 0.717) is 23.3 Å². The third-order valence-electron chi connectivity index (χ3n) is 2.11. The molecule has 76 valence electrons. The molecule has 0 amide bonds. The summed E-state index contributed by atoms with van der Waals surface area (Å²) in [6, 6.07) is 3.41. The molecule has 1 fully saturated rings. The molecule has 1 aromatic rings. The van der Waals surface area contributed by atoms with Crippen LogP contribution in [0.5, 0.6) is 0 Å². The van der Waals surface area contributed by atoms with Crippen LogP contribution in [0.1, 0.15) is 12.8 Å². The monoisotopic (exact) mass is 213 g/mol. The fraction of sp³-hybridized carbons (Fsp3) is 0.444. The minimum absolute atomic E-state index is 0.434. The lowest BCUT2D eigenvalue weighted by atomic mass is 10.3. The molecule has 1 aliphatic heterocycles. The summed E-state index contributed by atoms with van der Waals surface area (Å²) in [5, 5.41) is 2.15. The van der Waals surface area contributed by atoms with E-state index in [1.807, 2.05) is 0 Å². The minimum atomic E-state index is 0.434. The van der Waals surface area contributed by atoms with E-state index in [9.17, 15) is 0 Å². The van der Waals surface area contributed by atoms with Crippen LogP contribution in [0.15, 0.2) is 12.1 Å². The fourth-order valence-electron chi connectivity index (χ4n) is 1.40. The van der Waals surface area contributed by atoms with Gasteiger partial charge in [-0.1, -0.05) is 11.6 Å². The number of rotatable bonds is 1. The van der Waals surface area contributed by atoms with Gasteiger partial charge in [0.1, 0.15) is 5.15 Å². The summed E-state index contributed by atoms with van der Waals surface area (Å²) in [6.07, 6.45) is 2.17. The zero-order chi connectivity index (χ0) is 9.97. The number of aromatic nitrogens is 1. The first-order valence-electron chi connectivity index (χ1n) is 4.60. The summed E-state index contributed by atoms with van der Waals surface area (Å²) >= 11 is 5.79. The van der Waals surface area contributed by atoms with Crippen molar-refractivity contribution in [1.82, 2.24) is 4.98 Å².